The zero-order valence-corrected chi connectivity index (χ0v) is 17.0. The first-order valence-corrected chi connectivity index (χ1v) is 10.3. The normalized spacial score (nSPS) is 14.4. The third-order valence-electron chi connectivity index (χ3n) is 5.23. The van der Waals surface area contributed by atoms with Crippen LogP contribution in [0.5, 0.6) is 5.75 Å². The number of aryl methyl sites for hydroxylation is 1. The van der Waals surface area contributed by atoms with Crippen LogP contribution in [0.4, 0.5) is 5.69 Å². The van der Waals surface area contributed by atoms with E-state index in [1.165, 1.54) is 4.90 Å². The third kappa shape index (κ3) is 6.32. The van der Waals surface area contributed by atoms with Gasteiger partial charge in [0.25, 0.3) is 5.91 Å². The van der Waals surface area contributed by atoms with Crippen LogP contribution in [-0.4, -0.2) is 56.0 Å². The summed E-state index contributed by atoms with van der Waals surface area (Å²) in [6.07, 6.45) is 1.26. The first-order chi connectivity index (χ1) is 14.2. The molecule has 2 aromatic carbocycles. The van der Waals surface area contributed by atoms with Crippen LogP contribution >= 0.6 is 0 Å². The largest absolute Gasteiger partial charge is 0.493 e. The van der Waals surface area contributed by atoms with Crippen molar-refractivity contribution in [2.24, 2.45) is 0 Å². The predicted molar refractivity (Wildman–Crippen MR) is 113 cm³/mol. The number of amides is 2. The third-order valence-corrected chi connectivity index (χ3v) is 5.23. The van der Waals surface area contributed by atoms with Gasteiger partial charge in [0.1, 0.15) is 5.75 Å². The van der Waals surface area contributed by atoms with Gasteiger partial charge in [-0.15, -0.1) is 0 Å². The maximum Gasteiger partial charge on any atom is 0.279 e. The van der Waals surface area contributed by atoms with E-state index in [0.717, 1.165) is 36.5 Å². The van der Waals surface area contributed by atoms with Crippen molar-refractivity contribution in [1.82, 2.24) is 4.90 Å². The maximum atomic E-state index is 12.4. The molecule has 2 N–H and O–H groups in total. The SMILES string of the molecule is CCc1ccccc1NC(=O)C[NH+]1CCN(C(=O)CCOc2ccccc2)CC1. The zero-order chi connectivity index (χ0) is 20.5. The number of carbonyl (C=O) groups excluding carboxylic acids is 2. The van der Waals surface area contributed by atoms with Crippen molar-refractivity contribution in [2.75, 3.05) is 44.6 Å². The Bertz CT molecular complexity index is 802. The Balaban J connectivity index is 1.37. The Morgan fingerprint density at radius 1 is 1.03 bits per heavy atom. The molecule has 0 unspecified atom stereocenters. The molecule has 1 aliphatic heterocycles. The number of ether oxygens (including phenoxy) is 1. The molecular formula is C23H30N3O3+. The monoisotopic (exact) mass is 396 g/mol. The molecular weight excluding hydrogens is 366 g/mol. The van der Waals surface area contributed by atoms with E-state index in [9.17, 15) is 9.59 Å². The van der Waals surface area contributed by atoms with E-state index in [0.29, 0.717) is 32.7 Å². The summed E-state index contributed by atoms with van der Waals surface area (Å²) in [5.74, 6) is 0.920. The fourth-order valence-corrected chi connectivity index (χ4v) is 3.55. The number of rotatable bonds is 8. The standard InChI is InChI=1S/C23H29N3O3/c1-2-19-8-6-7-11-21(19)24-22(27)18-25-13-15-26(16-14-25)23(28)12-17-29-20-9-4-3-5-10-20/h3-11H,2,12-18H2,1H3,(H,24,27)/p+1. The smallest absolute Gasteiger partial charge is 0.279 e. The van der Waals surface area contributed by atoms with Crippen LogP contribution in [0.2, 0.25) is 0 Å². The van der Waals surface area contributed by atoms with Gasteiger partial charge in [0, 0.05) is 5.69 Å². The number of nitrogens with one attached hydrogen (secondary N) is 2. The molecule has 0 aromatic heterocycles. The average molecular weight is 397 g/mol. The molecule has 6 nitrogen and oxygen atoms in total. The van der Waals surface area contributed by atoms with E-state index in [4.69, 9.17) is 4.74 Å². The number of hydrogen-bond acceptors (Lipinski definition) is 3. The lowest BCUT2D eigenvalue weighted by molar-refractivity contribution is -0.895. The fraction of sp³-hybridized carbons (Fsp3) is 0.391. The second-order valence-corrected chi connectivity index (χ2v) is 7.28. The topological polar surface area (TPSA) is 63.1 Å². The molecule has 154 valence electrons. The minimum atomic E-state index is 0.0249. The highest BCUT2D eigenvalue weighted by Crippen LogP contribution is 2.15. The number of para-hydroxylation sites is 2. The van der Waals surface area contributed by atoms with Gasteiger partial charge in [0.05, 0.1) is 39.2 Å². The van der Waals surface area contributed by atoms with Crippen LogP contribution in [0.3, 0.4) is 0 Å². The second-order valence-electron chi connectivity index (χ2n) is 7.28. The van der Waals surface area contributed by atoms with E-state index < -0.39 is 0 Å². The number of hydrogen-bond donors (Lipinski definition) is 2. The molecule has 29 heavy (non-hydrogen) atoms. The van der Waals surface area contributed by atoms with Gasteiger partial charge < -0.3 is 19.9 Å². The first-order valence-electron chi connectivity index (χ1n) is 10.3. The Kier molecular flexibility index (Phi) is 7.64. The minimum Gasteiger partial charge on any atom is -0.493 e. The number of anilines is 1. The van der Waals surface area contributed by atoms with Crippen molar-refractivity contribution < 1.29 is 19.2 Å². The average Bonchev–Trinajstić information content (AvgIpc) is 2.75. The molecule has 2 amide bonds. The van der Waals surface area contributed by atoms with Crippen LogP contribution < -0.4 is 15.0 Å². The van der Waals surface area contributed by atoms with Gasteiger partial charge in [0.15, 0.2) is 6.54 Å². The molecule has 1 fully saturated rings. The molecule has 1 aliphatic rings. The van der Waals surface area contributed by atoms with Crippen LogP contribution in [0.15, 0.2) is 54.6 Å². The van der Waals surface area contributed by atoms with E-state index in [2.05, 4.69) is 12.2 Å². The summed E-state index contributed by atoms with van der Waals surface area (Å²) in [6.45, 7) is 5.82. The van der Waals surface area contributed by atoms with Crippen LogP contribution in [0, 0.1) is 0 Å². The summed E-state index contributed by atoms with van der Waals surface area (Å²) in [4.78, 5) is 27.9. The van der Waals surface area contributed by atoms with E-state index >= 15 is 0 Å². The Hall–Kier alpha value is -2.86. The van der Waals surface area contributed by atoms with Crippen molar-refractivity contribution in [3.8, 4) is 5.75 Å². The summed E-state index contributed by atoms with van der Waals surface area (Å²) >= 11 is 0. The molecule has 0 saturated carbocycles. The number of benzene rings is 2. The lowest BCUT2D eigenvalue weighted by atomic mass is 10.1. The van der Waals surface area contributed by atoms with Crippen molar-refractivity contribution in [2.45, 2.75) is 19.8 Å². The molecule has 2 aromatic rings. The van der Waals surface area contributed by atoms with Crippen molar-refractivity contribution in [3.63, 3.8) is 0 Å². The zero-order valence-electron chi connectivity index (χ0n) is 17.0. The molecule has 0 radical (unpaired) electrons. The van der Waals surface area contributed by atoms with Gasteiger partial charge in [-0.2, -0.15) is 0 Å². The lowest BCUT2D eigenvalue weighted by Gasteiger charge is -2.32. The number of piperazine rings is 1. The summed E-state index contributed by atoms with van der Waals surface area (Å²) in [7, 11) is 0. The molecule has 0 spiro atoms. The summed E-state index contributed by atoms with van der Waals surface area (Å²) in [5.41, 5.74) is 2.04. The van der Waals surface area contributed by atoms with Gasteiger partial charge in [-0.25, -0.2) is 0 Å². The van der Waals surface area contributed by atoms with Gasteiger partial charge in [-0.05, 0) is 30.2 Å². The van der Waals surface area contributed by atoms with E-state index in [1.54, 1.807) is 0 Å². The summed E-state index contributed by atoms with van der Waals surface area (Å²) < 4.78 is 5.61. The highest BCUT2D eigenvalue weighted by molar-refractivity contribution is 5.92. The molecule has 1 heterocycles. The van der Waals surface area contributed by atoms with Crippen molar-refractivity contribution in [3.05, 3.63) is 60.2 Å². The summed E-state index contributed by atoms with van der Waals surface area (Å²) in [6, 6.07) is 17.4. The first kappa shape index (κ1) is 20.9. The second kappa shape index (κ2) is 10.6. The molecule has 0 bridgehead atoms. The van der Waals surface area contributed by atoms with Crippen LogP contribution in [0.1, 0.15) is 18.9 Å². The Morgan fingerprint density at radius 2 is 1.72 bits per heavy atom. The van der Waals surface area contributed by atoms with Crippen molar-refractivity contribution >= 4 is 17.5 Å². The number of quaternary nitrogens is 1. The molecule has 3 rings (SSSR count). The maximum absolute atomic E-state index is 12.4. The van der Waals surface area contributed by atoms with Gasteiger partial charge in [-0.1, -0.05) is 43.3 Å². The molecule has 6 heteroatoms. The number of nitrogens with zero attached hydrogens (tertiary/aromatic N) is 1. The van der Waals surface area contributed by atoms with Crippen molar-refractivity contribution in [1.29, 1.82) is 0 Å². The van der Waals surface area contributed by atoms with E-state index in [-0.39, 0.29) is 11.8 Å². The van der Waals surface area contributed by atoms with Gasteiger partial charge in [0.2, 0.25) is 5.91 Å². The Morgan fingerprint density at radius 3 is 2.45 bits per heavy atom. The highest BCUT2D eigenvalue weighted by atomic mass is 16.5. The molecule has 0 atom stereocenters. The van der Waals surface area contributed by atoms with Crippen LogP contribution in [0.25, 0.3) is 0 Å². The predicted octanol–water partition coefficient (Wildman–Crippen LogP) is 1.38. The quantitative estimate of drug-likeness (QED) is 0.709. The molecule has 1 saturated heterocycles. The van der Waals surface area contributed by atoms with Gasteiger partial charge >= 0.3 is 0 Å². The fourth-order valence-electron chi connectivity index (χ4n) is 3.55. The highest BCUT2D eigenvalue weighted by Gasteiger charge is 2.25. The van der Waals surface area contributed by atoms with Crippen LogP contribution in [-0.2, 0) is 16.0 Å². The van der Waals surface area contributed by atoms with Gasteiger partial charge in [-0.3, -0.25) is 9.59 Å². The lowest BCUT2D eigenvalue weighted by Crippen LogP contribution is -3.15. The van der Waals surface area contributed by atoms with E-state index in [1.807, 2.05) is 59.5 Å². The molecule has 0 aliphatic carbocycles. The summed E-state index contributed by atoms with van der Waals surface area (Å²) in [5, 5.41) is 3.03. The Labute approximate surface area is 172 Å². The number of carbonyl (C=O) groups is 2. The minimum absolute atomic E-state index is 0.0249.